The van der Waals surface area contributed by atoms with Gasteiger partial charge in [-0.25, -0.2) is 17.6 Å². The smallest absolute Gasteiger partial charge is 0.269 e. The Labute approximate surface area is 88.5 Å². The lowest BCUT2D eigenvalue weighted by Gasteiger charge is -2.07. The normalized spacial score (nSPS) is 11.9. The predicted octanol–water partition coefficient (Wildman–Crippen LogP) is 1.94. The number of hydrogen-bond donors (Lipinski definition) is 1. The molecule has 90 valence electrons. The fraction of sp³-hybridized carbons (Fsp3) is 0.250. The molecular formula is C8H6F4O3S. The Hall–Kier alpha value is -1.15. The van der Waals surface area contributed by atoms with E-state index in [0.717, 1.165) is 6.92 Å². The van der Waals surface area contributed by atoms with Crippen molar-refractivity contribution in [3.8, 4) is 0 Å². The maximum atomic E-state index is 13.1. The second-order valence-corrected chi connectivity index (χ2v) is 4.54. The van der Waals surface area contributed by atoms with E-state index in [4.69, 9.17) is 4.55 Å². The van der Waals surface area contributed by atoms with Crippen molar-refractivity contribution in [1.82, 2.24) is 0 Å². The molecule has 0 unspecified atom stereocenters. The number of rotatable bonds is 2. The highest BCUT2D eigenvalue weighted by atomic mass is 32.2. The largest absolute Gasteiger partial charge is 0.285 e. The lowest BCUT2D eigenvalue weighted by atomic mass is 10.1. The molecule has 0 bridgehead atoms. The van der Waals surface area contributed by atoms with Gasteiger partial charge in [-0.3, -0.25) is 4.55 Å². The molecule has 0 amide bonds. The van der Waals surface area contributed by atoms with Gasteiger partial charge in [0, 0.05) is 11.1 Å². The van der Waals surface area contributed by atoms with Crippen LogP contribution in [0, 0.1) is 30.2 Å². The quantitative estimate of drug-likeness (QED) is 0.501. The van der Waals surface area contributed by atoms with E-state index in [1.807, 2.05) is 0 Å². The third-order valence-corrected chi connectivity index (χ3v) is 2.55. The maximum absolute atomic E-state index is 13.1. The van der Waals surface area contributed by atoms with Gasteiger partial charge in [0.2, 0.25) is 0 Å². The maximum Gasteiger partial charge on any atom is 0.269 e. The second-order valence-electron chi connectivity index (χ2n) is 3.09. The Bertz CT molecular complexity index is 510. The van der Waals surface area contributed by atoms with Crippen molar-refractivity contribution in [1.29, 1.82) is 0 Å². The molecule has 1 aromatic carbocycles. The summed E-state index contributed by atoms with van der Waals surface area (Å²) in [4.78, 5) is 0. The fourth-order valence-electron chi connectivity index (χ4n) is 1.10. The van der Waals surface area contributed by atoms with Crippen LogP contribution in [0.15, 0.2) is 0 Å². The highest BCUT2D eigenvalue weighted by Gasteiger charge is 2.25. The van der Waals surface area contributed by atoms with Crippen LogP contribution in [0.1, 0.15) is 11.1 Å². The first-order valence-corrected chi connectivity index (χ1v) is 5.52. The number of benzene rings is 1. The molecule has 0 heterocycles. The highest BCUT2D eigenvalue weighted by Crippen LogP contribution is 2.24. The third-order valence-electron chi connectivity index (χ3n) is 1.90. The molecule has 0 saturated heterocycles. The van der Waals surface area contributed by atoms with Crippen molar-refractivity contribution in [2.24, 2.45) is 0 Å². The number of hydrogen-bond acceptors (Lipinski definition) is 2. The van der Waals surface area contributed by atoms with E-state index in [-0.39, 0.29) is 0 Å². The summed E-state index contributed by atoms with van der Waals surface area (Å²) in [6.07, 6.45) is 0. The summed E-state index contributed by atoms with van der Waals surface area (Å²) in [6, 6.07) is 0. The molecule has 16 heavy (non-hydrogen) atoms. The molecule has 0 atom stereocenters. The summed E-state index contributed by atoms with van der Waals surface area (Å²) < 4.78 is 81.2. The predicted molar refractivity (Wildman–Crippen MR) is 46.3 cm³/mol. The van der Waals surface area contributed by atoms with Crippen molar-refractivity contribution in [2.75, 3.05) is 0 Å². The van der Waals surface area contributed by atoms with Gasteiger partial charge < -0.3 is 0 Å². The molecule has 3 nitrogen and oxygen atoms in total. The zero-order chi connectivity index (χ0) is 12.7. The molecule has 0 radical (unpaired) electrons. The Kier molecular flexibility index (Phi) is 3.25. The zero-order valence-corrected chi connectivity index (χ0v) is 8.71. The standard InChI is InChI=1S/C8H6F4O3S/c1-3-5(9)7(11)4(2-16(13,14)15)8(12)6(3)10/h2H2,1H3,(H,13,14,15). The summed E-state index contributed by atoms with van der Waals surface area (Å²) in [7, 11) is -4.78. The minimum Gasteiger partial charge on any atom is -0.285 e. The van der Waals surface area contributed by atoms with E-state index in [2.05, 4.69) is 0 Å². The van der Waals surface area contributed by atoms with E-state index in [9.17, 15) is 26.0 Å². The van der Waals surface area contributed by atoms with Gasteiger partial charge in [0.15, 0.2) is 23.3 Å². The van der Waals surface area contributed by atoms with Gasteiger partial charge in [-0.2, -0.15) is 8.42 Å². The first-order chi connectivity index (χ1) is 7.15. The topological polar surface area (TPSA) is 54.4 Å². The summed E-state index contributed by atoms with van der Waals surface area (Å²) in [5.41, 5.74) is -2.25. The third kappa shape index (κ3) is 2.33. The van der Waals surface area contributed by atoms with Crippen LogP contribution in [-0.4, -0.2) is 13.0 Å². The lowest BCUT2D eigenvalue weighted by molar-refractivity contribution is 0.430. The molecule has 1 N–H and O–H groups in total. The average molecular weight is 258 g/mol. The van der Waals surface area contributed by atoms with E-state index >= 15 is 0 Å². The molecule has 0 aliphatic carbocycles. The summed E-state index contributed by atoms with van der Waals surface area (Å²) in [5.74, 6) is -8.54. The summed E-state index contributed by atoms with van der Waals surface area (Å²) >= 11 is 0. The molecule has 1 rings (SSSR count). The molecule has 0 aliphatic heterocycles. The van der Waals surface area contributed by atoms with Crippen molar-refractivity contribution >= 4 is 10.1 Å². The van der Waals surface area contributed by atoms with Crippen molar-refractivity contribution < 1.29 is 30.5 Å². The Morgan fingerprint density at radius 3 is 1.69 bits per heavy atom. The van der Waals surface area contributed by atoms with Gasteiger partial charge in [0.1, 0.15) is 5.75 Å². The van der Waals surface area contributed by atoms with Crippen molar-refractivity contribution in [2.45, 2.75) is 12.7 Å². The van der Waals surface area contributed by atoms with Gasteiger partial charge in [-0.1, -0.05) is 0 Å². The van der Waals surface area contributed by atoms with Gasteiger partial charge in [-0.05, 0) is 6.92 Å². The van der Waals surface area contributed by atoms with Crippen LogP contribution in [0.5, 0.6) is 0 Å². The van der Waals surface area contributed by atoms with Crippen LogP contribution in [-0.2, 0) is 15.9 Å². The van der Waals surface area contributed by atoms with Crippen LogP contribution >= 0.6 is 0 Å². The van der Waals surface area contributed by atoms with E-state index in [1.165, 1.54) is 0 Å². The SMILES string of the molecule is Cc1c(F)c(F)c(CS(=O)(=O)O)c(F)c1F. The minimum absolute atomic E-state index is 0.800. The summed E-state index contributed by atoms with van der Waals surface area (Å²) in [5, 5.41) is 0. The fourth-order valence-corrected chi connectivity index (χ4v) is 1.71. The molecule has 0 aromatic heterocycles. The van der Waals surface area contributed by atoms with Gasteiger partial charge in [0.25, 0.3) is 10.1 Å². The molecule has 0 spiro atoms. The monoisotopic (exact) mass is 258 g/mol. The van der Waals surface area contributed by atoms with Crippen LogP contribution in [0.2, 0.25) is 0 Å². The highest BCUT2D eigenvalue weighted by molar-refractivity contribution is 7.85. The van der Waals surface area contributed by atoms with E-state index in [1.54, 1.807) is 0 Å². The van der Waals surface area contributed by atoms with Crippen molar-refractivity contribution in [3.63, 3.8) is 0 Å². The lowest BCUT2D eigenvalue weighted by Crippen LogP contribution is -2.11. The molecule has 0 saturated carbocycles. The zero-order valence-electron chi connectivity index (χ0n) is 7.89. The van der Waals surface area contributed by atoms with Crippen molar-refractivity contribution in [3.05, 3.63) is 34.4 Å². The molecule has 0 fully saturated rings. The molecule has 8 heteroatoms. The van der Waals surface area contributed by atoms with Crippen LogP contribution in [0.4, 0.5) is 17.6 Å². The average Bonchev–Trinajstić information content (AvgIpc) is 2.17. The van der Waals surface area contributed by atoms with Gasteiger partial charge in [-0.15, -0.1) is 0 Å². The molecular weight excluding hydrogens is 252 g/mol. The molecule has 0 aliphatic rings. The first-order valence-electron chi connectivity index (χ1n) is 3.91. The Balaban J connectivity index is 3.52. The van der Waals surface area contributed by atoms with E-state index < -0.39 is 50.3 Å². The van der Waals surface area contributed by atoms with Crippen LogP contribution in [0.25, 0.3) is 0 Å². The molecule has 1 aromatic rings. The Morgan fingerprint density at radius 1 is 1.00 bits per heavy atom. The Morgan fingerprint density at radius 2 is 1.38 bits per heavy atom. The first kappa shape index (κ1) is 12.9. The van der Waals surface area contributed by atoms with Gasteiger partial charge >= 0.3 is 0 Å². The van der Waals surface area contributed by atoms with E-state index in [0.29, 0.717) is 0 Å². The van der Waals surface area contributed by atoms with Crippen LogP contribution < -0.4 is 0 Å². The number of halogens is 4. The minimum atomic E-state index is -4.78. The second kappa shape index (κ2) is 4.02. The van der Waals surface area contributed by atoms with Crippen LogP contribution in [0.3, 0.4) is 0 Å². The summed E-state index contributed by atoms with van der Waals surface area (Å²) in [6.45, 7) is 0.800. The van der Waals surface area contributed by atoms with Gasteiger partial charge in [0.05, 0.1) is 0 Å².